The van der Waals surface area contributed by atoms with Crippen LogP contribution in [-0.2, 0) is 4.79 Å². The van der Waals surface area contributed by atoms with Gasteiger partial charge < -0.3 is 29.6 Å². The summed E-state index contributed by atoms with van der Waals surface area (Å²) in [5.74, 6) is 1.47. The molecule has 12 heteroatoms. The van der Waals surface area contributed by atoms with E-state index in [9.17, 15) is 9.18 Å². The summed E-state index contributed by atoms with van der Waals surface area (Å²) in [6, 6.07) is 6.50. The van der Waals surface area contributed by atoms with Crippen molar-refractivity contribution in [2.75, 3.05) is 36.9 Å². The Labute approximate surface area is 252 Å². The fourth-order valence-corrected chi connectivity index (χ4v) is 5.69. The highest BCUT2D eigenvalue weighted by Gasteiger charge is 2.50. The Morgan fingerprint density at radius 3 is 2.07 bits per heavy atom. The molecule has 232 valence electrons. The van der Waals surface area contributed by atoms with E-state index in [0.29, 0.717) is 34.5 Å². The number of fused-ring (bicyclic) bond motifs is 1. The van der Waals surface area contributed by atoms with Crippen molar-refractivity contribution in [3.05, 3.63) is 36.3 Å². The molecule has 0 unspecified atom stereocenters. The molecule has 0 radical (unpaired) electrons. The summed E-state index contributed by atoms with van der Waals surface area (Å²) in [6.07, 6.45) is 1.05. The topological polar surface area (TPSA) is 120 Å². The maximum Gasteiger partial charge on any atom is 0.272 e. The lowest BCUT2D eigenvalue weighted by Crippen LogP contribution is -2.62. The molecule has 1 aliphatic heterocycles. The van der Waals surface area contributed by atoms with Gasteiger partial charge in [0.15, 0.2) is 40.3 Å². The van der Waals surface area contributed by atoms with Crippen LogP contribution in [-0.4, -0.2) is 53.8 Å². The van der Waals surface area contributed by atoms with Crippen LogP contribution < -0.4 is 34.5 Å². The van der Waals surface area contributed by atoms with Crippen molar-refractivity contribution in [1.82, 2.24) is 15.0 Å². The van der Waals surface area contributed by atoms with Gasteiger partial charge in [0.1, 0.15) is 5.82 Å². The number of benzene rings is 1. The molecule has 43 heavy (non-hydrogen) atoms. The van der Waals surface area contributed by atoms with Gasteiger partial charge >= 0.3 is 0 Å². The summed E-state index contributed by atoms with van der Waals surface area (Å²) in [4.78, 5) is 28.7. The van der Waals surface area contributed by atoms with Gasteiger partial charge in [-0.05, 0) is 36.8 Å². The van der Waals surface area contributed by atoms with Crippen LogP contribution in [0.3, 0.4) is 0 Å². The van der Waals surface area contributed by atoms with Crippen LogP contribution in [0.4, 0.5) is 33.5 Å². The van der Waals surface area contributed by atoms with Crippen molar-refractivity contribution in [2.45, 2.75) is 67.0 Å². The number of nitrogens with zero attached hydrogens (tertiary/aromatic N) is 4. The van der Waals surface area contributed by atoms with Crippen LogP contribution in [0.25, 0.3) is 0 Å². The van der Waals surface area contributed by atoms with E-state index in [0.717, 1.165) is 6.20 Å². The Morgan fingerprint density at radius 1 is 0.930 bits per heavy atom. The molecule has 2 aromatic heterocycles. The predicted molar refractivity (Wildman–Crippen MR) is 164 cm³/mol. The molecule has 0 aliphatic carbocycles. The van der Waals surface area contributed by atoms with E-state index in [1.54, 1.807) is 43.0 Å². The first-order chi connectivity index (χ1) is 20.0. The van der Waals surface area contributed by atoms with Crippen molar-refractivity contribution in [2.24, 2.45) is 10.8 Å². The van der Waals surface area contributed by atoms with Crippen LogP contribution >= 0.6 is 0 Å². The SMILES string of the molecule is COc1cc(Nc2ncc(F)c(Nc3ccc4c(n3)N(C(C(C)(C)C)C(C)(C)C)C(=O)C(C)(C)O4)n2)cc(OC)c1OC. The molecule has 0 atom stereocenters. The average molecular weight is 597 g/mol. The summed E-state index contributed by atoms with van der Waals surface area (Å²) in [5, 5.41) is 5.98. The maximum absolute atomic E-state index is 15.0. The van der Waals surface area contributed by atoms with Gasteiger partial charge in [0.25, 0.3) is 5.91 Å². The number of aromatic nitrogens is 3. The number of pyridine rings is 1. The molecule has 0 saturated heterocycles. The quantitative estimate of drug-likeness (QED) is 0.299. The third-order valence-electron chi connectivity index (χ3n) is 6.98. The van der Waals surface area contributed by atoms with Gasteiger partial charge in [-0.1, -0.05) is 41.5 Å². The zero-order chi connectivity index (χ0) is 31.9. The Kier molecular flexibility index (Phi) is 8.36. The van der Waals surface area contributed by atoms with Crippen LogP contribution in [0, 0.1) is 16.6 Å². The first-order valence-electron chi connectivity index (χ1n) is 13.9. The largest absolute Gasteiger partial charge is 0.493 e. The number of ether oxygens (including phenoxy) is 4. The van der Waals surface area contributed by atoms with E-state index >= 15 is 0 Å². The molecule has 0 saturated carbocycles. The third-order valence-corrected chi connectivity index (χ3v) is 6.98. The molecule has 11 nitrogen and oxygen atoms in total. The summed E-state index contributed by atoms with van der Waals surface area (Å²) in [5.41, 5.74) is -1.15. The van der Waals surface area contributed by atoms with Gasteiger partial charge in [0, 0.05) is 23.9 Å². The second-order valence-electron chi connectivity index (χ2n) is 13.0. The molecule has 0 fully saturated rings. The van der Waals surface area contributed by atoms with Gasteiger partial charge in [-0.25, -0.2) is 14.4 Å². The molecule has 0 bridgehead atoms. The van der Waals surface area contributed by atoms with Crippen LogP contribution in [0.1, 0.15) is 55.4 Å². The standard InChI is InChI=1S/C31H41FN6O5/c1-29(2,3)26(30(4,5)6)38-25-19(43-31(7,8)27(38)39)12-13-22(36-25)35-24-18(32)16-33-28(37-24)34-17-14-20(40-9)23(42-11)21(15-17)41-10/h12-16,26H,1-11H3,(H2,33,34,35,36,37). The highest BCUT2D eigenvalue weighted by Crippen LogP contribution is 2.46. The molecule has 4 rings (SSSR count). The molecule has 1 amide bonds. The van der Waals surface area contributed by atoms with Crippen molar-refractivity contribution in [3.8, 4) is 23.0 Å². The van der Waals surface area contributed by atoms with Gasteiger partial charge in [-0.3, -0.25) is 9.69 Å². The zero-order valence-corrected chi connectivity index (χ0v) is 26.7. The van der Waals surface area contributed by atoms with E-state index in [4.69, 9.17) is 23.9 Å². The van der Waals surface area contributed by atoms with E-state index in [-0.39, 0.29) is 40.4 Å². The highest BCUT2D eigenvalue weighted by molar-refractivity contribution is 6.02. The molecule has 0 spiro atoms. The van der Waals surface area contributed by atoms with Gasteiger partial charge in [0.2, 0.25) is 11.7 Å². The van der Waals surface area contributed by atoms with Crippen LogP contribution in [0.2, 0.25) is 0 Å². The normalized spacial score (nSPS) is 14.6. The predicted octanol–water partition coefficient (Wildman–Crippen LogP) is 6.49. The van der Waals surface area contributed by atoms with Gasteiger partial charge in [-0.15, -0.1) is 0 Å². The number of methoxy groups -OCH3 is 3. The van der Waals surface area contributed by atoms with Crippen molar-refractivity contribution in [1.29, 1.82) is 0 Å². The molecular formula is C31H41FN6O5. The lowest BCUT2D eigenvalue weighted by molar-refractivity contribution is -0.134. The Hall–Kier alpha value is -4.35. The van der Waals surface area contributed by atoms with Crippen molar-refractivity contribution in [3.63, 3.8) is 0 Å². The second-order valence-corrected chi connectivity index (χ2v) is 13.0. The van der Waals surface area contributed by atoms with E-state index in [1.165, 1.54) is 21.3 Å². The first-order valence-corrected chi connectivity index (χ1v) is 13.9. The Morgan fingerprint density at radius 2 is 1.53 bits per heavy atom. The highest BCUT2D eigenvalue weighted by atomic mass is 19.1. The van der Waals surface area contributed by atoms with Gasteiger partial charge in [0.05, 0.1) is 27.5 Å². The smallest absolute Gasteiger partial charge is 0.272 e. The average Bonchev–Trinajstić information content (AvgIpc) is 2.91. The third kappa shape index (κ3) is 6.37. The number of nitrogens with one attached hydrogen (secondary N) is 2. The lowest BCUT2D eigenvalue weighted by atomic mass is 9.70. The van der Waals surface area contributed by atoms with Crippen LogP contribution in [0.5, 0.6) is 23.0 Å². The van der Waals surface area contributed by atoms with Crippen LogP contribution in [0.15, 0.2) is 30.5 Å². The number of anilines is 5. The molecule has 3 heterocycles. The van der Waals surface area contributed by atoms with Gasteiger partial charge in [-0.2, -0.15) is 4.98 Å². The summed E-state index contributed by atoms with van der Waals surface area (Å²) in [6.45, 7) is 16.1. The Bertz CT molecular complexity index is 1480. The number of carbonyl (C=O) groups is 1. The first kappa shape index (κ1) is 31.6. The van der Waals surface area contributed by atoms with Crippen molar-refractivity contribution >= 4 is 35.0 Å². The number of hydrogen-bond acceptors (Lipinski definition) is 10. The number of hydrogen-bond donors (Lipinski definition) is 2. The summed E-state index contributed by atoms with van der Waals surface area (Å²) in [7, 11) is 4.53. The zero-order valence-electron chi connectivity index (χ0n) is 26.7. The minimum absolute atomic E-state index is 0.110. The fraction of sp³-hybridized carbons (Fsp3) is 0.484. The minimum atomic E-state index is -1.09. The van der Waals surface area contributed by atoms with E-state index in [2.05, 4.69) is 62.1 Å². The summed E-state index contributed by atoms with van der Waals surface area (Å²) < 4.78 is 37.2. The number of rotatable bonds is 8. The monoisotopic (exact) mass is 596 g/mol. The Balaban J connectivity index is 1.71. The van der Waals surface area contributed by atoms with E-state index < -0.39 is 11.4 Å². The second kappa shape index (κ2) is 11.4. The number of amides is 1. The lowest BCUT2D eigenvalue weighted by Gasteiger charge is -2.51. The summed E-state index contributed by atoms with van der Waals surface area (Å²) >= 11 is 0. The molecule has 3 aromatic rings. The molecular weight excluding hydrogens is 555 g/mol. The number of carbonyl (C=O) groups excluding carboxylic acids is 1. The molecule has 1 aliphatic rings. The van der Waals surface area contributed by atoms with Crippen molar-refractivity contribution < 1.29 is 28.1 Å². The number of halogens is 1. The fourth-order valence-electron chi connectivity index (χ4n) is 5.69. The van der Waals surface area contributed by atoms with E-state index in [1.807, 2.05) is 0 Å². The minimum Gasteiger partial charge on any atom is -0.493 e. The molecule has 1 aromatic carbocycles. The maximum atomic E-state index is 15.0. The molecule has 2 N–H and O–H groups in total.